The number of hydrogen-bond donors (Lipinski definition) is 1. The van der Waals surface area contributed by atoms with Crippen LogP contribution in [0.1, 0.15) is 35.2 Å². The van der Waals surface area contributed by atoms with Crippen molar-refractivity contribution >= 4 is 23.2 Å². The summed E-state index contributed by atoms with van der Waals surface area (Å²) < 4.78 is 7.68. The van der Waals surface area contributed by atoms with Crippen LogP contribution in [0.2, 0.25) is 0 Å². The molecule has 256 valence electrons. The van der Waals surface area contributed by atoms with Crippen LogP contribution in [0.15, 0.2) is 97.8 Å². The smallest absolute Gasteiger partial charge is 0.253 e. The zero-order chi connectivity index (χ0) is 34.1. The van der Waals surface area contributed by atoms with Gasteiger partial charge in [-0.2, -0.15) is 5.10 Å². The van der Waals surface area contributed by atoms with Gasteiger partial charge in [-0.25, -0.2) is 4.98 Å². The summed E-state index contributed by atoms with van der Waals surface area (Å²) in [6, 6.07) is 22.6. The molecule has 2 amide bonds. The Morgan fingerprint density at radius 3 is 2.26 bits per heavy atom. The Kier molecular flexibility index (Phi) is 8.58. The molecule has 5 heterocycles. The number of H-pyrrole nitrogens is 1. The highest BCUT2D eigenvalue weighted by molar-refractivity contribution is 6.01. The summed E-state index contributed by atoms with van der Waals surface area (Å²) in [6.07, 6.45) is 11.3. The van der Waals surface area contributed by atoms with Crippen LogP contribution in [0.5, 0.6) is 5.75 Å². The lowest BCUT2D eigenvalue weighted by molar-refractivity contribution is -0.127. The first-order valence-corrected chi connectivity index (χ1v) is 17.4. The van der Waals surface area contributed by atoms with Crippen LogP contribution in [0.3, 0.4) is 0 Å². The number of aromatic nitrogens is 4. The lowest BCUT2D eigenvalue weighted by Crippen LogP contribution is -2.46. The van der Waals surface area contributed by atoms with Crippen LogP contribution in [-0.2, 0) is 11.3 Å². The van der Waals surface area contributed by atoms with Crippen molar-refractivity contribution in [3.05, 3.63) is 109 Å². The topological polar surface area (TPSA) is 103 Å². The minimum Gasteiger partial charge on any atom is -0.496 e. The number of aromatic amines is 1. The van der Waals surface area contributed by atoms with E-state index >= 15 is 0 Å². The second-order valence-electron chi connectivity index (χ2n) is 13.6. The van der Waals surface area contributed by atoms with Crippen LogP contribution >= 0.6 is 0 Å². The molecule has 3 aliphatic heterocycles. The fraction of sp³-hybridized carbons (Fsp3) is 0.333. The summed E-state index contributed by atoms with van der Waals surface area (Å²) in [5.41, 5.74) is 6.54. The maximum absolute atomic E-state index is 13.9. The van der Waals surface area contributed by atoms with Crippen molar-refractivity contribution in [2.24, 2.45) is 5.41 Å². The van der Waals surface area contributed by atoms with Gasteiger partial charge in [-0.15, -0.1) is 0 Å². The SMILES string of the molecule is COc1cc(N2CCC3(CCN(C(=O)c4ccc(N5CCN(Cc6ccc(-n7ccnc7)cc6)CC5)cc4)CC3)C2=O)ccc1-c1cn[nH]c1. The number of ether oxygens (including phenoxy) is 1. The molecule has 2 aromatic heterocycles. The average molecular weight is 671 g/mol. The maximum atomic E-state index is 13.9. The summed E-state index contributed by atoms with van der Waals surface area (Å²) in [5, 5.41) is 6.89. The Bertz CT molecular complexity index is 1920. The van der Waals surface area contributed by atoms with E-state index in [1.54, 1.807) is 19.5 Å². The number of rotatable bonds is 8. The van der Waals surface area contributed by atoms with Gasteiger partial charge in [0.1, 0.15) is 5.75 Å². The molecule has 0 aliphatic carbocycles. The zero-order valence-electron chi connectivity index (χ0n) is 28.4. The molecular weight excluding hydrogens is 628 g/mol. The fourth-order valence-electron chi connectivity index (χ4n) is 7.76. The van der Waals surface area contributed by atoms with E-state index in [-0.39, 0.29) is 11.8 Å². The minimum absolute atomic E-state index is 0.0390. The van der Waals surface area contributed by atoms with E-state index in [0.29, 0.717) is 43.8 Å². The molecule has 0 bridgehead atoms. The lowest BCUT2D eigenvalue weighted by atomic mass is 9.77. The summed E-state index contributed by atoms with van der Waals surface area (Å²) >= 11 is 0. The maximum Gasteiger partial charge on any atom is 0.253 e. The van der Waals surface area contributed by atoms with Gasteiger partial charge in [-0.05, 0) is 73.4 Å². The Hall–Kier alpha value is -5.42. The standard InChI is InChI=1S/C39H42N8O3/c1-50-36-24-34(10-11-35(36)31-25-41-42-26-31)47-18-14-39(38(47)49)12-16-45(17-13-39)37(48)30-4-8-32(9-5-30)44-22-20-43(21-23-44)27-29-2-6-33(7-3-29)46-19-15-40-28-46/h2-11,15,19,24-26,28H,12-14,16-18,20-23,27H2,1H3,(H,41,42). The number of likely N-dealkylation sites (tertiary alicyclic amines) is 1. The van der Waals surface area contributed by atoms with Crippen LogP contribution in [0.4, 0.5) is 11.4 Å². The van der Waals surface area contributed by atoms with Gasteiger partial charge in [-0.3, -0.25) is 19.6 Å². The van der Waals surface area contributed by atoms with Gasteiger partial charge < -0.3 is 24.0 Å². The molecule has 3 fully saturated rings. The number of piperazine rings is 1. The predicted octanol–water partition coefficient (Wildman–Crippen LogP) is 5.25. The summed E-state index contributed by atoms with van der Waals surface area (Å²) in [7, 11) is 1.64. The Morgan fingerprint density at radius 1 is 0.860 bits per heavy atom. The van der Waals surface area contributed by atoms with Gasteiger partial charge in [0.05, 0.1) is 25.0 Å². The van der Waals surface area contributed by atoms with Gasteiger partial charge >= 0.3 is 0 Å². The number of imidazole rings is 1. The van der Waals surface area contributed by atoms with Gasteiger partial charge in [0.25, 0.3) is 5.91 Å². The second-order valence-corrected chi connectivity index (χ2v) is 13.6. The minimum atomic E-state index is -0.427. The first-order valence-electron chi connectivity index (χ1n) is 17.4. The Morgan fingerprint density at radius 2 is 1.58 bits per heavy atom. The number of benzene rings is 3. The first kappa shape index (κ1) is 31.8. The van der Waals surface area contributed by atoms with Gasteiger partial charge in [-0.1, -0.05) is 12.1 Å². The molecule has 0 atom stereocenters. The number of amides is 2. The van der Waals surface area contributed by atoms with Crippen LogP contribution in [-0.4, -0.2) is 94.3 Å². The molecule has 11 nitrogen and oxygen atoms in total. The van der Waals surface area contributed by atoms with E-state index in [1.165, 1.54) is 5.56 Å². The molecule has 0 unspecified atom stereocenters. The molecule has 3 aromatic carbocycles. The first-order chi connectivity index (χ1) is 24.5. The molecule has 1 spiro atoms. The van der Waals surface area contributed by atoms with Crippen molar-refractivity contribution in [1.29, 1.82) is 0 Å². The van der Waals surface area contributed by atoms with Gasteiger partial charge in [0.2, 0.25) is 5.91 Å². The van der Waals surface area contributed by atoms with E-state index in [9.17, 15) is 9.59 Å². The number of methoxy groups -OCH3 is 1. The molecule has 50 heavy (non-hydrogen) atoms. The van der Waals surface area contributed by atoms with Crippen LogP contribution in [0.25, 0.3) is 16.8 Å². The van der Waals surface area contributed by atoms with Gasteiger partial charge in [0.15, 0.2) is 0 Å². The summed E-state index contributed by atoms with van der Waals surface area (Å²) in [4.78, 5) is 40.2. The number of carbonyl (C=O) groups is 2. The number of nitrogens with one attached hydrogen (secondary N) is 1. The van der Waals surface area contributed by atoms with E-state index in [0.717, 1.165) is 67.3 Å². The van der Waals surface area contributed by atoms with Crippen molar-refractivity contribution in [3.63, 3.8) is 0 Å². The number of anilines is 2. The van der Waals surface area contributed by atoms with Crippen LogP contribution in [0, 0.1) is 5.41 Å². The largest absolute Gasteiger partial charge is 0.496 e. The van der Waals surface area contributed by atoms with E-state index < -0.39 is 5.41 Å². The monoisotopic (exact) mass is 670 g/mol. The zero-order valence-corrected chi connectivity index (χ0v) is 28.4. The van der Waals surface area contributed by atoms with Crippen molar-refractivity contribution < 1.29 is 14.3 Å². The molecule has 0 saturated carbocycles. The second kappa shape index (κ2) is 13.5. The molecule has 3 aliphatic rings. The fourth-order valence-corrected chi connectivity index (χ4v) is 7.76. The highest BCUT2D eigenvalue weighted by Gasteiger charge is 2.49. The molecule has 8 rings (SSSR count). The van der Waals surface area contributed by atoms with Crippen molar-refractivity contribution in [1.82, 2.24) is 29.5 Å². The van der Waals surface area contributed by atoms with E-state index in [4.69, 9.17) is 4.74 Å². The molecule has 5 aromatic rings. The molecule has 3 saturated heterocycles. The third kappa shape index (κ3) is 6.13. The molecule has 11 heteroatoms. The summed E-state index contributed by atoms with van der Waals surface area (Å²) in [5.74, 6) is 0.892. The van der Waals surface area contributed by atoms with Crippen molar-refractivity contribution in [2.75, 3.05) is 62.7 Å². The third-order valence-electron chi connectivity index (χ3n) is 10.8. The Balaban J connectivity index is 0.831. The molecule has 1 N–H and O–H groups in total. The lowest BCUT2D eigenvalue weighted by Gasteiger charge is -2.38. The number of nitrogens with zero attached hydrogens (tertiary/aromatic N) is 7. The van der Waals surface area contributed by atoms with E-state index in [1.807, 2.05) is 63.4 Å². The number of carbonyl (C=O) groups excluding carboxylic acids is 2. The number of hydrogen-bond acceptors (Lipinski definition) is 7. The highest BCUT2D eigenvalue weighted by atomic mass is 16.5. The quantitative estimate of drug-likeness (QED) is 0.241. The molecule has 0 radical (unpaired) electrons. The Labute approximate surface area is 292 Å². The third-order valence-corrected chi connectivity index (χ3v) is 10.8. The number of piperidine rings is 1. The van der Waals surface area contributed by atoms with Crippen molar-refractivity contribution in [3.8, 4) is 22.6 Å². The average Bonchev–Trinajstić information content (AvgIpc) is 3.96. The predicted molar refractivity (Wildman–Crippen MR) is 193 cm³/mol. The van der Waals surface area contributed by atoms with Crippen LogP contribution < -0.4 is 14.5 Å². The normalized spacial score (nSPS) is 17.9. The molecular formula is C39H42N8O3. The van der Waals surface area contributed by atoms with Crippen molar-refractivity contribution in [2.45, 2.75) is 25.8 Å². The highest BCUT2D eigenvalue weighted by Crippen LogP contribution is 2.44. The van der Waals surface area contributed by atoms with Gasteiger partial charge in [0, 0.05) is 111 Å². The summed E-state index contributed by atoms with van der Waals surface area (Å²) in [6.45, 7) is 6.62. The van der Waals surface area contributed by atoms with E-state index in [2.05, 4.69) is 61.4 Å².